The first-order chi connectivity index (χ1) is 8.65. The average Bonchev–Trinajstić information content (AvgIpc) is 2.33. The van der Waals surface area contributed by atoms with Gasteiger partial charge in [-0.15, -0.1) is 0 Å². The molecule has 0 spiro atoms. The highest BCUT2D eigenvalue weighted by atomic mass is 32.2. The molecule has 7 heteroatoms. The molecule has 1 heterocycles. The molecule has 100 valence electrons. The number of carboxylic acids is 1. The molecule has 1 aromatic rings. The van der Waals surface area contributed by atoms with E-state index >= 15 is 0 Å². The van der Waals surface area contributed by atoms with Crippen LogP contribution in [0.3, 0.4) is 0 Å². The Balaban J connectivity index is 2.45. The minimum atomic E-state index is -1.04. The van der Waals surface area contributed by atoms with Crippen molar-refractivity contribution in [2.24, 2.45) is 0 Å². The number of carboxylic acid groups (broad SMARTS) is 1. The van der Waals surface area contributed by atoms with Gasteiger partial charge >= 0.3 is 5.97 Å². The van der Waals surface area contributed by atoms with Gasteiger partial charge in [-0.2, -0.15) is 11.8 Å². The molecule has 0 amide bonds. The van der Waals surface area contributed by atoms with Crippen LogP contribution in [0.2, 0.25) is 0 Å². The topological polar surface area (TPSA) is 95.3 Å². The first-order valence-corrected chi connectivity index (χ1v) is 6.80. The number of aromatic nitrogens is 2. The third-order valence-corrected chi connectivity index (χ3v) is 3.20. The minimum absolute atomic E-state index is 0.0842. The first-order valence-electron chi connectivity index (χ1n) is 5.64. The molecule has 18 heavy (non-hydrogen) atoms. The van der Waals surface area contributed by atoms with Crippen molar-refractivity contribution in [1.82, 2.24) is 9.97 Å². The molecule has 0 aromatic carbocycles. The Hall–Kier alpha value is -1.34. The zero-order valence-electron chi connectivity index (χ0n) is 10.2. The quantitative estimate of drug-likeness (QED) is 0.607. The molecule has 0 unspecified atom stereocenters. The van der Waals surface area contributed by atoms with Crippen molar-refractivity contribution < 1.29 is 15.0 Å². The van der Waals surface area contributed by atoms with Crippen LogP contribution in [0.4, 0.5) is 5.82 Å². The summed E-state index contributed by atoms with van der Waals surface area (Å²) in [5.41, 5.74) is 0.0842. The zero-order chi connectivity index (χ0) is 13.4. The summed E-state index contributed by atoms with van der Waals surface area (Å²) in [4.78, 5) is 18.9. The van der Waals surface area contributed by atoms with Gasteiger partial charge in [0.15, 0.2) is 0 Å². The molecule has 0 aliphatic rings. The number of aliphatic hydroxyl groups is 1. The van der Waals surface area contributed by atoms with Crippen LogP contribution >= 0.6 is 11.8 Å². The van der Waals surface area contributed by atoms with E-state index in [1.165, 1.54) is 6.20 Å². The lowest BCUT2D eigenvalue weighted by atomic mass is 10.3. The van der Waals surface area contributed by atoms with Gasteiger partial charge in [-0.25, -0.2) is 14.8 Å². The molecule has 0 aliphatic heterocycles. The zero-order valence-corrected chi connectivity index (χ0v) is 11.0. The molecule has 1 rings (SSSR count). The Morgan fingerprint density at radius 3 is 2.94 bits per heavy atom. The van der Waals surface area contributed by atoms with E-state index in [2.05, 4.69) is 15.3 Å². The van der Waals surface area contributed by atoms with Crippen molar-refractivity contribution in [3.05, 3.63) is 17.6 Å². The lowest BCUT2D eigenvalue weighted by Gasteiger charge is -2.08. The fraction of sp³-hybridized carbons (Fsp3) is 0.545. The molecule has 0 radical (unpaired) electrons. The number of aliphatic hydroxyl groups excluding tert-OH is 1. The third-order valence-electron chi connectivity index (χ3n) is 2.13. The number of anilines is 1. The Morgan fingerprint density at radius 2 is 2.28 bits per heavy atom. The SMILES string of the molecule is Cc1ncc(C(=O)O)c(NCCSCCCO)n1. The highest BCUT2D eigenvalue weighted by Crippen LogP contribution is 2.12. The number of carbonyl (C=O) groups is 1. The van der Waals surface area contributed by atoms with Crippen molar-refractivity contribution in [2.75, 3.05) is 30.0 Å². The molecule has 0 atom stereocenters. The number of aromatic carboxylic acids is 1. The number of nitrogens with zero attached hydrogens (tertiary/aromatic N) is 2. The Labute approximate surface area is 110 Å². The van der Waals surface area contributed by atoms with Gasteiger partial charge in [0.25, 0.3) is 0 Å². The van der Waals surface area contributed by atoms with E-state index in [1.54, 1.807) is 18.7 Å². The maximum atomic E-state index is 11.0. The summed E-state index contributed by atoms with van der Waals surface area (Å²) < 4.78 is 0. The van der Waals surface area contributed by atoms with E-state index in [1.807, 2.05) is 0 Å². The molecule has 0 fully saturated rings. The average molecular weight is 271 g/mol. The maximum absolute atomic E-state index is 11.0. The van der Waals surface area contributed by atoms with Gasteiger partial charge in [0.1, 0.15) is 17.2 Å². The second-order valence-corrected chi connectivity index (χ2v) is 4.83. The van der Waals surface area contributed by atoms with Crippen molar-refractivity contribution >= 4 is 23.5 Å². The van der Waals surface area contributed by atoms with Crippen LogP contribution in [0.25, 0.3) is 0 Å². The summed E-state index contributed by atoms with van der Waals surface area (Å²) >= 11 is 1.70. The van der Waals surface area contributed by atoms with Crippen LogP contribution in [0.15, 0.2) is 6.20 Å². The summed E-state index contributed by atoms with van der Waals surface area (Å²) in [5.74, 6) is 1.59. The Morgan fingerprint density at radius 1 is 1.50 bits per heavy atom. The molecule has 1 aromatic heterocycles. The number of rotatable bonds is 8. The molecule has 0 aliphatic carbocycles. The van der Waals surface area contributed by atoms with Crippen LogP contribution in [0.1, 0.15) is 22.6 Å². The maximum Gasteiger partial charge on any atom is 0.341 e. The summed E-state index contributed by atoms with van der Waals surface area (Å²) in [6, 6.07) is 0. The monoisotopic (exact) mass is 271 g/mol. The predicted molar refractivity (Wildman–Crippen MR) is 71.2 cm³/mol. The smallest absolute Gasteiger partial charge is 0.341 e. The molecule has 0 bridgehead atoms. The number of nitrogens with one attached hydrogen (secondary N) is 1. The molecule has 0 saturated heterocycles. The van der Waals surface area contributed by atoms with Gasteiger partial charge in [0.05, 0.1) is 0 Å². The molecular weight excluding hydrogens is 254 g/mol. The van der Waals surface area contributed by atoms with Crippen LogP contribution in [-0.2, 0) is 0 Å². The largest absolute Gasteiger partial charge is 0.477 e. The van der Waals surface area contributed by atoms with E-state index < -0.39 is 5.97 Å². The fourth-order valence-electron chi connectivity index (χ4n) is 1.27. The lowest BCUT2D eigenvalue weighted by molar-refractivity contribution is 0.0697. The summed E-state index contributed by atoms with van der Waals surface area (Å²) in [5, 5.41) is 20.6. The van der Waals surface area contributed by atoms with Crippen LogP contribution < -0.4 is 5.32 Å². The van der Waals surface area contributed by atoms with Gasteiger partial charge in [0, 0.05) is 25.1 Å². The number of thioether (sulfide) groups is 1. The molecule has 0 saturated carbocycles. The van der Waals surface area contributed by atoms with E-state index in [0.29, 0.717) is 18.2 Å². The van der Waals surface area contributed by atoms with Crippen molar-refractivity contribution in [1.29, 1.82) is 0 Å². The first kappa shape index (κ1) is 14.7. The van der Waals surface area contributed by atoms with Crippen LogP contribution in [0.5, 0.6) is 0 Å². The Kier molecular flexibility index (Phi) is 6.45. The second kappa shape index (κ2) is 7.88. The standard InChI is InChI=1S/C11H17N3O3S/c1-8-13-7-9(11(16)17)10(14-8)12-3-6-18-5-2-4-15/h7,15H,2-6H2,1H3,(H,16,17)(H,12,13,14). The van der Waals surface area contributed by atoms with Crippen molar-refractivity contribution in [3.8, 4) is 0 Å². The number of hydrogen-bond donors (Lipinski definition) is 3. The van der Waals surface area contributed by atoms with Gasteiger partial charge in [-0.1, -0.05) is 0 Å². The molecule has 3 N–H and O–H groups in total. The van der Waals surface area contributed by atoms with Gasteiger partial charge in [-0.05, 0) is 19.1 Å². The van der Waals surface area contributed by atoms with E-state index in [-0.39, 0.29) is 12.2 Å². The highest BCUT2D eigenvalue weighted by molar-refractivity contribution is 7.99. The van der Waals surface area contributed by atoms with E-state index in [0.717, 1.165) is 17.9 Å². The summed E-state index contributed by atoms with van der Waals surface area (Å²) in [6.07, 6.45) is 2.09. The van der Waals surface area contributed by atoms with Gasteiger partial charge in [-0.3, -0.25) is 0 Å². The predicted octanol–water partition coefficient (Wildman–Crippen LogP) is 1.01. The van der Waals surface area contributed by atoms with E-state index in [4.69, 9.17) is 10.2 Å². The highest BCUT2D eigenvalue weighted by Gasteiger charge is 2.11. The van der Waals surface area contributed by atoms with Gasteiger partial charge < -0.3 is 15.5 Å². The molecule has 6 nitrogen and oxygen atoms in total. The third kappa shape index (κ3) is 4.89. The van der Waals surface area contributed by atoms with E-state index in [9.17, 15) is 4.79 Å². The second-order valence-electron chi connectivity index (χ2n) is 3.60. The molecular formula is C11H17N3O3S. The van der Waals surface area contributed by atoms with Crippen LogP contribution in [0, 0.1) is 6.92 Å². The summed E-state index contributed by atoms with van der Waals surface area (Å²) in [7, 11) is 0. The van der Waals surface area contributed by atoms with Crippen molar-refractivity contribution in [2.45, 2.75) is 13.3 Å². The van der Waals surface area contributed by atoms with Crippen LogP contribution in [-0.4, -0.2) is 50.8 Å². The number of hydrogen-bond acceptors (Lipinski definition) is 6. The normalized spacial score (nSPS) is 10.3. The fourth-order valence-corrected chi connectivity index (χ4v) is 2.06. The number of aryl methyl sites for hydroxylation is 1. The Bertz CT molecular complexity index is 401. The van der Waals surface area contributed by atoms with Crippen molar-refractivity contribution in [3.63, 3.8) is 0 Å². The lowest BCUT2D eigenvalue weighted by Crippen LogP contribution is -2.12. The minimum Gasteiger partial charge on any atom is -0.477 e. The van der Waals surface area contributed by atoms with Gasteiger partial charge in [0.2, 0.25) is 0 Å². The summed E-state index contributed by atoms with van der Waals surface area (Å²) in [6.45, 7) is 2.55.